The molecule has 3 aromatic rings. The van der Waals surface area contributed by atoms with Crippen molar-refractivity contribution >= 4 is 64.1 Å². The van der Waals surface area contributed by atoms with Crippen LogP contribution >= 0.6 is 35.4 Å². The second kappa shape index (κ2) is 8.30. The van der Waals surface area contributed by atoms with E-state index in [4.69, 9.17) is 35.4 Å². The van der Waals surface area contributed by atoms with Gasteiger partial charge in [-0.2, -0.15) is 0 Å². The highest BCUT2D eigenvalue weighted by molar-refractivity contribution is 7.80. The molecular formula is C23H17Cl2N3O2S. The SMILES string of the molecule is Cc1cc(/C=C2\C(=O)NC(=S)N(c3cccc(Cl)c3)C2=O)c(C)n1-c1cccc(Cl)c1. The van der Waals surface area contributed by atoms with Crippen LogP contribution in [0.1, 0.15) is 17.0 Å². The molecule has 31 heavy (non-hydrogen) atoms. The molecule has 2 heterocycles. The fraction of sp³-hybridized carbons (Fsp3) is 0.0870. The first kappa shape index (κ1) is 21.3. The number of nitrogens with one attached hydrogen (secondary N) is 1. The summed E-state index contributed by atoms with van der Waals surface area (Å²) < 4.78 is 2.02. The van der Waals surface area contributed by atoms with E-state index in [2.05, 4.69) is 5.32 Å². The molecule has 0 radical (unpaired) electrons. The van der Waals surface area contributed by atoms with Gasteiger partial charge in [0, 0.05) is 27.1 Å². The normalized spacial score (nSPS) is 15.5. The number of halogens is 2. The Morgan fingerprint density at radius 3 is 2.19 bits per heavy atom. The third-order valence-electron chi connectivity index (χ3n) is 5.00. The molecule has 1 aliphatic heterocycles. The van der Waals surface area contributed by atoms with Gasteiger partial charge in [-0.05, 0) is 80.2 Å². The summed E-state index contributed by atoms with van der Waals surface area (Å²) >= 11 is 17.5. The number of anilines is 1. The number of thiocarbonyl (C=S) groups is 1. The molecule has 8 heteroatoms. The van der Waals surface area contributed by atoms with Crippen LogP contribution in [0.4, 0.5) is 5.69 Å². The van der Waals surface area contributed by atoms with Gasteiger partial charge >= 0.3 is 0 Å². The van der Waals surface area contributed by atoms with Crippen LogP contribution < -0.4 is 10.2 Å². The Hall–Kier alpha value is -2.93. The van der Waals surface area contributed by atoms with E-state index in [1.54, 1.807) is 36.4 Å². The van der Waals surface area contributed by atoms with E-state index in [-0.39, 0.29) is 10.7 Å². The summed E-state index contributed by atoms with van der Waals surface area (Å²) in [6, 6.07) is 16.1. The van der Waals surface area contributed by atoms with Crippen molar-refractivity contribution in [1.29, 1.82) is 0 Å². The van der Waals surface area contributed by atoms with Crippen LogP contribution in [-0.4, -0.2) is 21.5 Å². The van der Waals surface area contributed by atoms with Gasteiger partial charge in [0.25, 0.3) is 11.8 Å². The van der Waals surface area contributed by atoms with Crippen LogP contribution in [0.25, 0.3) is 11.8 Å². The van der Waals surface area contributed by atoms with Crippen LogP contribution in [0.5, 0.6) is 0 Å². The van der Waals surface area contributed by atoms with Crippen molar-refractivity contribution in [2.24, 2.45) is 0 Å². The number of benzene rings is 2. The predicted octanol–water partition coefficient (Wildman–Crippen LogP) is 5.23. The topological polar surface area (TPSA) is 54.3 Å². The Kier molecular flexibility index (Phi) is 5.71. The highest BCUT2D eigenvalue weighted by atomic mass is 35.5. The van der Waals surface area contributed by atoms with Crippen LogP contribution in [0.2, 0.25) is 10.0 Å². The molecule has 1 N–H and O–H groups in total. The molecule has 1 saturated heterocycles. The van der Waals surface area contributed by atoms with Crippen molar-refractivity contribution in [1.82, 2.24) is 9.88 Å². The highest BCUT2D eigenvalue weighted by Gasteiger charge is 2.34. The molecular weight excluding hydrogens is 453 g/mol. The zero-order valence-electron chi connectivity index (χ0n) is 16.6. The Balaban J connectivity index is 1.77. The van der Waals surface area contributed by atoms with Crippen molar-refractivity contribution in [3.8, 4) is 5.69 Å². The lowest BCUT2D eigenvalue weighted by atomic mass is 10.1. The van der Waals surface area contributed by atoms with Crippen molar-refractivity contribution in [3.05, 3.63) is 87.2 Å². The average molecular weight is 470 g/mol. The maximum absolute atomic E-state index is 13.2. The van der Waals surface area contributed by atoms with Crippen molar-refractivity contribution < 1.29 is 9.59 Å². The molecule has 0 unspecified atom stereocenters. The lowest BCUT2D eigenvalue weighted by molar-refractivity contribution is -0.122. The molecule has 0 saturated carbocycles. The maximum Gasteiger partial charge on any atom is 0.270 e. The Bertz CT molecular complexity index is 1280. The lowest BCUT2D eigenvalue weighted by Gasteiger charge is -2.29. The summed E-state index contributed by atoms with van der Waals surface area (Å²) in [7, 11) is 0. The molecule has 0 atom stereocenters. The van der Waals surface area contributed by atoms with E-state index in [9.17, 15) is 9.59 Å². The molecule has 2 aromatic carbocycles. The zero-order chi connectivity index (χ0) is 22.3. The third-order valence-corrected chi connectivity index (χ3v) is 5.76. The fourth-order valence-corrected chi connectivity index (χ4v) is 4.26. The van der Waals surface area contributed by atoms with E-state index >= 15 is 0 Å². The Morgan fingerprint density at radius 1 is 0.935 bits per heavy atom. The second-order valence-electron chi connectivity index (χ2n) is 7.08. The number of aromatic nitrogens is 1. The molecule has 0 spiro atoms. The largest absolute Gasteiger partial charge is 0.318 e. The summed E-state index contributed by atoms with van der Waals surface area (Å²) in [6.45, 7) is 3.87. The van der Waals surface area contributed by atoms with Crippen LogP contribution in [0.3, 0.4) is 0 Å². The molecule has 4 rings (SSSR count). The average Bonchev–Trinajstić information content (AvgIpc) is 2.98. The predicted molar refractivity (Wildman–Crippen MR) is 128 cm³/mol. The molecule has 0 bridgehead atoms. The summed E-state index contributed by atoms with van der Waals surface area (Å²) in [6.07, 6.45) is 1.58. The maximum atomic E-state index is 13.2. The molecule has 1 aliphatic rings. The highest BCUT2D eigenvalue weighted by Crippen LogP contribution is 2.27. The first-order valence-electron chi connectivity index (χ1n) is 9.38. The van der Waals surface area contributed by atoms with E-state index in [0.717, 1.165) is 22.6 Å². The minimum absolute atomic E-state index is 0.0128. The third kappa shape index (κ3) is 4.02. The number of aryl methyl sites for hydroxylation is 1. The van der Waals surface area contributed by atoms with Crippen molar-refractivity contribution in [2.45, 2.75) is 13.8 Å². The standard InChI is InChI=1S/C23H17Cl2N3O2S/c1-13-9-15(14(2)27(13)18-7-3-5-16(24)11-18)10-20-21(29)26-23(31)28(22(20)30)19-8-4-6-17(25)12-19/h3-12H,1-2H3,(H,26,29,31)/b20-10+. The summed E-state index contributed by atoms with van der Waals surface area (Å²) in [5.74, 6) is -1.05. The van der Waals surface area contributed by atoms with E-state index in [1.165, 1.54) is 4.90 Å². The van der Waals surface area contributed by atoms with Gasteiger partial charge in [0.2, 0.25) is 0 Å². The van der Waals surface area contributed by atoms with E-state index in [0.29, 0.717) is 15.7 Å². The van der Waals surface area contributed by atoms with Crippen LogP contribution in [-0.2, 0) is 9.59 Å². The summed E-state index contributed by atoms with van der Waals surface area (Å²) in [5, 5.41) is 3.68. The minimum atomic E-state index is -0.541. The number of hydrogen-bond donors (Lipinski definition) is 1. The lowest BCUT2D eigenvalue weighted by Crippen LogP contribution is -2.54. The monoisotopic (exact) mass is 469 g/mol. The van der Waals surface area contributed by atoms with Crippen molar-refractivity contribution in [2.75, 3.05) is 4.90 Å². The van der Waals surface area contributed by atoms with Crippen LogP contribution in [0.15, 0.2) is 60.2 Å². The number of hydrogen-bond acceptors (Lipinski definition) is 3. The molecule has 0 aliphatic carbocycles. The van der Waals surface area contributed by atoms with Gasteiger partial charge in [0.05, 0.1) is 5.69 Å². The number of carbonyl (C=O) groups excluding carboxylic acids is 2. The number of amides is 2. The Labute approximate surface area is 194 Å². The van der Waals surface area contributed by atoms with Gasteiger partial charge in [0.1, 0.15) is 5.57 Å². The van der Waals surface area contributed by atoms with Gasteiger partial charge in [-0.15, -0.1) is 0 Å². The van der Waals surface area contributed by atoms with E-state index in [1.807, 2.05) is 42.7 Å². The quantitative estimate of drug-likeness (QED) is 0.324. The molecule has 2 amide bonds. The molecule has 5 nitrogen and oxygen atoms in total. The summed E-state index contributed by atoms with van der Waals surface area (Å²) in [5.41, 5.74) is 3.92. The van der Waals surface area contributed by atoms with E-state index < -0.39 is 11.8 Å². The van der Waals surface area contributed by atoms with Crippen LogP contribution in [0, 0.1) is 13.8 Å². The van der Waals surface area contributed by atoms with Crippen molar-refractivity contribution in [3.63, 3.8) is 0 Å². The number of carbonyl (C=O) groups is 2. The smallest absolute Gasteiger partial charge is 0.270 e. The zero-order valence-corrected chi connectivity index (χ0v) is 19.0. The first-order chi connectivity index (χ1) is 14.8. The van der Waals surface area contributed by atoms with Gasteiger partial charge in [-0.1, -0.05) is 35.3 Å². The molecule has 156 valence electrons. The Morgan fingerprint density at radius 2 is 1.55 bits per heavy atom. The fourth-order valence-electron chi connectivity index (χ4n) is 3.61. The minimum Gasteiger partial charge on any atom is -0.318 e. The second-order valence-corrected chi connectivity index (χ2v) is 8.34. The van der Waals surface area contributed by atoms with Gasteiger partial charge in [-0.25, -0.2) is 0 Å². The van der Waals surface area contributed by atoms with Gasteiger partial charge < -0.3 is 4.57 Å². The summed E-state index contributed by atoms with van der Waals surface area (Å²) in [4.78, 5) is 27.1. The van der Waals surface area contributed by atoms with Gasteiger partial charge in [-0.3, -0.25) is 19.8 Å². The molecule has 1 fully saturated rings. The number of nitrogens with zero attached hydrogens (tertiary/aromatic N) is 2. The number of rotatable bonds is 3. The first-order valence-corrected chi connectivity index (χ1v) is 10.5. The van der Waals surface area contributed by atoms with Gasteiger partial charge in [0.15, 0.2) is 5.11 Å². The molecule has 1 aromatic heterocycles.